The maximum absolute atomic E-state index is 10.9. The zero-order chi connectivity index (χ0) is 19.2. The van der Waals surface area contributed by atoms with Gasteiger partial charge in [-0.05, 0) is 59.8 Å². The van der Waals surface area contributed by atoms with Crippen LogP contribution >= 0.6 is 24.0 Å². The molecule has 0 heterocycles. The lowest BCUT2D eigenvalue weighted by molar-refractivity contribution is 0.111. The van der Waals surface area contributed by atoms with E-state index in [0.717, 1.165) is 45.2 Å². The van der Waals surface area contributed by atoms with Crippen molar-refractivity contribution in [3.05, 3.63) is 59.1 Å². The molecule has 0 aliphatic heterocycles. The van der Waals surface area contributed by atoms with Crippen LogP contribution in [0.2, 0.25) is 5.02 Å². The SMILES string of the molecule is CCCCN(CCCC)CC(O)c1ccc2cc(Cl)c3ccccc3c2c1.Cl. The largest absolute Gasteiger partial charge is 0.387 e. The molecular weight excluding hydrogens is 389 g/mol. The Morgan fingerprint density at radius 3 is 2.18 bits per heavy atom. The number of unbranched alkanes of at least 4 members (excludes halogenated alkanes) is 2. The van der Waals surface area contributed by atoms with E-state index in [-0.39, 0.29) is 12.4 Å². The summed E-state index contributed by atoms with van der Waals surface area (Å²) in [5.74, 6) is 0. The third-order valence-corrected chi connectivity index (χ3v) is 5.62. The van der Waals surface area contributed by atoms with Crippen LogP contribution in [0.1, 0.15) is 51.2 Å². The van der Waals surface area contributed by atoms with Gasteiger partial charge in [0.05, 0.1) is 6.10 Å². The van der Waals surface area contributed by atoms with Crippen molar-refractivity contribution in [2.75, 3.05) is 19.6 Å². The Balaban J connectivity index is 0.00000280. The third kappa shape index (κ3) is 5.39. The second kappa shape index (κ2) is 11.0. The molecule has 0 aliphatic rings. The summed E-state index contributed by atoms with van der Waals surface area (Å²) in [7, 11) is 0. The predicted octanol–water partition coefficient (Wildman–Crippen LogP) is 7.00. The molecule has 1 atom stereocenters. The second-order valence-electron chi connectivity index (χ2n) is 7.41. The van der Waals surface area contributed by atoms with Gasteiger partial charge in [0, 0.05) is 17.0 Å². The molecule has 0 saturated heterocycles. The first-order chi connectivity index (χ1) is 13.1. The molecule has 1 unspecified atom stereocenters. The van der Waals surface area contributed by atoms with Crippen molar-refractivity contribution in [2.45, 2.75) is 45.6 Å². The van der Waals surface area contributed by atoms with E-state index >= 15 is 0 Å². The number of nitrogens with zero attached hydrogens (tertiary/aromatic N) is 1. The van der Waals surface area contributed by atoms with E-state index in [2.05, 4.69) is 43.0 Å². The summed E-state index contributed by atoms with van der Waals surface area (Å²) in [6.07, 6.45) is 4.25. The highest BCUT2D eigenvalue weighted by Crippen LogP contribution is 2.33. The standard InChI is InChI=1S/C24H30ClNO.ClH/c1-3-5-13-26(14-6-4-2)17-24(27)19-12-11-18-16-23(25)21-10-8-7-9-20(21)22(18)15-19;/h7-12,15-16,24,27H,3-6,13-14,17H2,1-2H3;1H. The molecule has 152 valence electrons. The minimum absolute atomic E-state index is 0. The number of hydrogen-bond acceptors (Lipinski definition) is 2. The van der Waals surface area contributed by atoms with Gasteiger partial charge in [0.25, 0.3) is 0 Å². The normalized spacial score (nSPS) is 12.5. The minimum atomic E-state index is -0.474. The van der Waals surface area contributed by atoms with E-state index < -0.39 is 6.10 Å². The molecule has 0 saturated carbocycles. The Morgan fingerprint density at radius 1 is 0.893 bits per heavy atom. The number of rotatable bonds is 9. The summed E-state index contributed by atoms with van der Waals surface area (Å²) in [6.45, 7) is 7.23. The molecule has 0 fully saturated rings. The topological polar surface area (TPSA) is 23.5 Å². The van der Waals surface area contributed by atoms with Gasteiger partial charge in [-0.1, -0.05) is 74.7 Å². The highest BCUT2D eigenvalue weighted by Gasteiger charge is 2.15. The fourth-order valence-electron chi connectivity index (χ4n) is 3.69. The van der Waals surface area contributed by atoms with E-state index in [4.69, 9.17) is 11.6 Å². The maximum Gasteiger partial charge on any atom is 0.0917 e. The van der Waals surface area contributed by atoms with E-state index in [0.29, 0.717) is 6.54 Å². The van der Waals surface area contributed by atoms with Crippen molar-refractivity contribution >= 4 is 45.6 Å². The molecule has 2 nitrogen and oxygen atoms in total. The lowest BCUT2D eigenvalue weighted by Gasteiger charge is -2.25. The van der Waals surface area contributed by atoms with Crippen molar-refractivity contribution in [1.29, 1.82) is 0 Å². The van der Waals surface area contributed by atoms with Gasteiger partial charge in [0.2, 0.25) is 0 Å². The zero-order valence-corrected chi connectivity index (χ0v) is 18.4. The highest BCUT2D eigenvalue weighted by molar-refractivity contribution is 6.37. The first-order valence-electron chi connectivity index (χ1n) is 10.1. The Bertz CT molecular complexity index is 888. The number of aliphatic hydroxyl groups excluding tert-OH is 1. The van der Waals surface area contributed by atoms with E-state index in [9.17, 15) is 5.11 Å². The van der Waals surface area contributed by atoms with Crippen LogP contribution in [0.25, 0.3) is 21.5 Å². The van der Waals surface area contributed by atoms with Gasteiger partial charge in [-0.15, -0.1) is 12.4 Å². The number of hydrogen-bond donors (Lipinski definition) is 1. The third-order valence-electron chi connectivity index (χ3n) is 5.31. The Labute approximate surface area is 179 Å². The molecule has 0 radical (unpaired) electrons. The van der Waals surface area contributed by atoms with Crippen LogP contribution in [0.5, 0.6) is 0 Å². The van der Waals surface area contributed by atoms with Gasteiger partial charge in [0.15, 0.2) is 0 Å². The molecule has 0 aliphatic carbocycles. The molecule has 3 aromatic carbocycles. The molecule has 3 rings (SSSR count). The lowest BCUT2D eigenvalue weighted by Crippen LogP contribution is -2.30. The molecule has 0 bridgehead atoms. The Morgan fingerprint density at radius 2 is 1.54 bits per heavy atom. The van der Waals surface area contributed by atoms with Crippen molar-refractivity contribution in [2.24, 2.45) is 0 Å². The molecular formula is C24H31Cl2NO. The summed E-state index contributed by atoms with van der Waals surface area (Å²) < 4.78 is 0. The smallest absolute Gasteiger partial charge is 0.0917 e. The number of benzene rings is 3. The summed E-state index contributed by atoms with van der Waals surface area (Å²) in [4.78, 5) is 2.40. The molecule has 3 aromatic rings. The number of halogens is 2. The molecule has 0 aromatic heterocycles. The predicted molar refractivity (Wildman–Crippen MR) is 125 cm³/mol. The van der Waals surface area contributed by atoms with Gasteiger partial charge in [0.1, 0.15) is 0 Å². The van der Waals surface area contributed by atoms with Gasteiger partial charge in [-0.3, -0.25) is 0 Å². The Hall–Kier alpha value is -1.32. The van der Waals surface area contributed by atoms with Crippen LogP contribution < -0.4 is 0 Å². The van der Waals surface area contributed by atoms with Crippen LogP contribution in [-0.2, 0) is 0 Å². The van der Waals surface area contributed by atoms with Crippen molar-refractivity contribution < 1.29 is 5.11 Å². The minimum Gasteiger partial charge on any atom is -0.387 e. The van der Waals surface area contributed by atoms with E-state index in [1.807, 2.05) is 24.3 Å². The average molecular weight is 420 g/mol. The lowest BCUT2D eigenvalue weighted by atomic mass is 9.98. The van der Waals surface area contributed by atoms with Crippen LogP contribution in [0.15, 0.2) is 48.5 Å². The van der Waals surface area contributed by atoms with Crippen molar-refractivity contribution in [3.8, 4) is 0 Å². The summed E-state index contributed by atoms with van der Waals surface area (Å²) in [5, 5.41) is 16.2. The molecule has 28 heavy (non-hydrogen) atoms. The monoisotopic (exact) mass is 419 g/mol. The van der Waals surface area contributed by atoms with Crippen molar-refractivity contribution in [1.82, 2.24) is 4.90 Å². The number of aliphatic hydroxyl groups is 1. The quantitative estimate of drug-likeness (QED) is 0.377. The van der Waals surface area contributed by atoms with Crippen LogP contribution in [-0.4, -0.2) is 29.6 Å². The summed E-state index contributed by atoms with van der Waals surface area (Å²) >= 11 is 6.45. The zero-order valence-electron chi connectivity index (χ0n) is 16.8. The molecule has 4 heteroatoms. The first-order valence-corrected chi connectivity index (χ1v) is 10.5. The molecule has 0 spiro atoms. The summed E-state index contributed by atoms with van der Waals surface area (Å²) in [6, 6.07) is 16.5. The van der Waals surface area contributed by atoms with Crippen LogP contribution in [0.4, 0.5) is 0 Å². The Kier molecular flexibility index (Phi) is 9.04. The average Bonchev–Trinajstić information content (AvgIpc) is 2.70. The maximum atomic E-state index is 10.9. The fraction of sp³-hybridized carbons (Fsp3) is 0.417. The highest BCUT2D eigenvalue weighted by atomic mass is 35.5. The second-order valence-corrected chi connectivity index (χ2v) is 7.82. The molecule has 1 N–H and O–H groups in total. The van der Waals surface area contributed by atoms with Crippen molar-refractivity contribution in [3.63, 3.8) is 0 Å². The first kappa shape index (κ1) is 23.0. The molecule has 0 amide bonds. The van der Waals surface area contributed by atoms with Gasteiger partial charge >= 0.3 is 0 Å². The van der Waals surface area contributed by atoms with Crippen LogP contribution in [0, 0.1) is 0 Å². The fourth-order valence-corrected chi connectivity index (χ4v) is 3.97. The van der Waals surface area contributed by atoms with Gasteiger partial charge in [-0.2, -0.15) is 0 Å². The van der Waals surface area contributed by atoms with E-state index in [1.165, 1.54) is 25.7 Å². The van der Waals surface area contributed by atoms with Gasteiger partial charge in [-0.25, -0.2) is 0 Å². The van der Waals surface area contributed by atoms with Crippen LogP contribution in [0.3, 0.4) is 0 Å². The summed E-state index contributed by atoms with van der Waals surface area (Å²) in [5.41, 5.74) is 0.980. The number of fused-ring (bicyclic) bond motifs is 3. The van der Waals surface area contributed by atoms with E-state index in [1.54, 1.807) is 0 Å². The van der Waals surface area contributed by atoms with Gasteiger partial charge < -0.3 is 10.0 Å².